The third-order valence-electron chi connectivity index (χ3n) is 2.37. The van der Waals surface area contributed by atoms with Gasteiger partial charge in [-0.3, -0.25) is 4.79 Å². The lowest BCUT2D eigenvalue weighted by Gasteiger charge is -1.97. The van der Waals surface area contributed by atoms with E-state index < -0.39 is 0 Å². The Kier molecular flexibility index (Phi) is 5.48. The topological polar surface area (TPSA) is 17.1 Å². The fourth-order valence-electron chi connectivity index (χ4n) is 1.40. The Hall–Kier alpha value is -0.780. The van der Waals surface area contributed by atoms with Crippen LogP contribution < -0.4 is 0 Å². The van der Waals surface area contributed by atoms with Gasteiger partial charge in [-0.25, -0.2) is 0 Å². The molecule has 19 heavy (non-hydrogen) atoms. The standard InChI is InChI=1S/C15H10ClIOS/c16-12-3-7-14(8-4-12)19-10-9-15(18)11-1-5-13(17)6-2-11/h1-10H/b10-9+. The van der Waals surface area contributed by atoms with Gasteiger partial charge < -0.3 is 0 Å². The summed E-state index contributed by atoms with van der Waals surface area (Å²) in [5.74, 6) is 0.0119. The van der Waals surface area contributed by atoms with E-state index in [9.17, 15) is 4.79 Å². The Balaban J connectivity index is 1.97. The highest BCUT2D eigenvalue weighted by Gasteiger charge is 2.00. The van der Waals surface area contributed by atoms with Gasteiger partial charge in [-0.15, -0.1) is 0 Å². The molecule has 1 nitrogen and oxygen atoms in total. The predicted octanol–water partition coefficient (Wildman–Crippen LogP) is 5.43. The molecule has 0 radical (unpaired) electrons. The van der Waals surface area contributed by atoms with Gasteiger partial charge in [0, 0.05) is 19.1 Å². The van der Waals surface area contributed by atoms with Crippen molar-refractivity contribution in [3.05, 3.63) is 74.2 Å². The first-order valence-electron chi connectivity index (χ1n) is 5.54. The zero-order chi connectivity index (χ0) is 13.7. The van der Waals surface area contributed by atoms with Crippen molar-refractivity contribution in [3.63, 3.8) is 0 Å². The van der Waals surface area contributed by atoms with E-state index in [2.05, 4.69) is 22.6 Å². The molecule has 2 aromatic rings. The third-order valence-corrected chi connectivity index (χ3v) is 4.15. The number of halogens is 2. The number of allylic oxidation sites excluding steroid dienone is 1. The molecule has 0 N–H and O–H groups in total. The minimum Gasteiger partial charge on any atom is -0.289 e. The summed E-state index contributed by atoms with van der Waals surface area (Å²) in [6, 6.07) is 15.0. The number of thioether (sulfide) groups is 1. The first kappa shape index (κ1) is 14.6. The van der Waals surface area contributed by atoms with Crippen LogP contribution in [0.25, 0.3) is 0 Å². The molecule has 0 fully saturated rings. The summed E-state index contributed by atoms with van der Waals surface area (Å²) in [7, 11) is 0. The van der Waals surface area contributed by atoms with Gasteiger partial charge in [-0.1, -0.05) is 35.5 Å². The van der Waals surface area contributed by atoms with Gasteiger partial charge in [0.05, 0.1) is 0 Å². The molecule has 96 valence electrons. The quantitative estimate of drug-likeness (QED) is 0.294. The summed E-state index contributed by atoms with van der Waals surface area (Å²) >= 11 is 9.52. The first-order chi connectivity index (χ1) is 9.15. The van der Waals surface area contributed by atoms with E-state index in [1.807, 2.05) is 48.5 Å². The highest BCUT2D eigenvalue weighted by Crippen LogP contribution is 2.21. The number of hydrogen-bond acceptors (Lipinski definition) is 2. The number of carbonyl (C=O) groups is 1. The van der Waals surface area contributed by atoms with E-state index in [1.165, 1.54) is 11.8 Å². The highest BCUT2D eigenvalue weighted by atomic mass is 127. The van der Waals surface area contributed by atoms with Gasteiger partial charge in [0.2, 0.25) is 0 Å². The molecule has 2 rings (SSSR count). The lowest BCUT2D eigenvalue weighted by atomic mass is 10.1. The average molecular weight is 401 g/mol. The van der Waals surface area contributed by atoms with Gasteiger partial charge in [0.1, 0.15) is 0 Å². The zero-order valence-corrected chi connectivity index (χ0v) is 13.6. The van der Waals surface area contributed by atoms with E-state index in [0.717, 1.165) is 8.47 Å². The molecular formula is C15H10ClIOS. The summed E-state index contributed by atoms with van der Waals surface area (Å²) in [5.41, 5.74) is 0.702. The van der Waals surface area contributed by atoms with Crippen molar-refractivity contribution in [3.8, 4) is 0 Å². The minimum atomic E-state index is 0.0119. The maximum Gasteiger partial charge on any atom is 0.186 e. The van der Waals surface area contributed by atoms with E-state index in [-0.39, 0.29) is 5.78 Å². The molecule has 0 heterocycles. The molecule has 0 bridgehead atoms. The van der Waals surface area contributed by atoms with Gasteiger partial charge in [0.25, 0.3) is 0 Å². The Morgan fingerprint density at radius 3 is 2.32 bits per heavy atom. The molecule has 0 saturated carbocycles. The number of carbonyl (C=O) groups excluding carboxylic acids is 1. The van der Waals surface area contributed by atoms with Crippen LogP contribution in [-0.4, -0.2) is 5.78 Å². The van der Waals surface area contributed by atoms with Crippen molar-refractivity contribution in [1.29, 1.82) is 0 Å². The molecule has 4 heteroatoms. The van der Waals surface area contributed by atoms with Crippen LogP contribution in [0.1, 0.15) is 10.4 Å². The molecular weight excluding hydrogens is 391 g/mol. The molecule has 0 atom stereocenters. The Morgan fingerprint density at radius 2 is 1.68 bits per heavy atom. The van der Waals surface area contributed by atoms with E-state index in [4.69, 9.17) is 11.6 Å². The second-order valence-corrected chi connectivity index (χ2v) is 6.41. The van der Waals surface area contributed by atoms with Crippen LogP contribution in [0.5, 0.6) is 0 Å². The van der Waals surface area contributed by atoms with Crippen LogP contribution in [0.2, 0.25) is 5.02 Å². The van der Waals surface area contributed by atoms with Crippen molar-refractivity contribution in [1.82, 2.24) is 0 Å². The van der Waals surface area contributed by atoms with Crippen LogP contribution >= 0.6 is 46.0 Å². The first-order valence-corrected chi connectivity index (χ1v) is 7.87. The normalized spacial score (nSPS) is 10.8. The van der Waals surface area contributed by atoms with Gasteiger partial charge >= 0.3 is 0 Å². The zero-order valence-electron chi connectivity index (χ0n) is 9.85. The number of ketones is 1. The van der Waals surface area contributed by atoms with Gasteiger partial charge in [-0.2, -0.15) is 0 Å². The molecule has 2 aromatic carbocycles. The smallest absolute Gasteiger partial charge is 0.186 e. The lowest BCUT2D eigenvalue weighted by molar-refractivity contribution is 0.104. The van der Waals surface area contributed by atoms with Gasteiger partial charge in [-0.05, 0) is 70.5 Å². The second-order valence-electron chi connectivity index (χ2n) is 3.75. The van der Waals surface area contributed by atoms with Crippen molar-refractivity contribution in [2.24, 2.45) is 0 Å². The fourth-order valence-corrected chi connectivity index (χ4v) is 2.53. The summed E-state index contributed by atoms with van der Waals surface area (Å²) in [5, 5.41) is 2.51. The van der Waals surface area contributed by atoms with Crippen molar-refractivity contribution >= 4 is 51.7 Å². The number of rotatable bonds is 4. The average Bonchev–Trinajstić information content (AvgIpc) is 2.41. The molecule has 0 aromatic heterocycles. The van der Waals surface area contributed by atoms with E-state index in [1.54, 1.807) is 11.5 Å². The van der Waals surface area contributed by atoms with Crippen molar-refractivity contribution in [2.45, 2.75) is 4.90 Å². The number of benzene rings is 2. The Morgan fingerprint density at radius 1 is 1.05 bits per heavy atom. The molecule has 0 unspecified atom stereocenters. The third kappa shape index (κ3) is 4.67. The summed E-state index contributed by atoms with van der Waals surface area (Å²) < 4.78 is 1.12. The Bertz CT molecular complexity index is 591. The Labute approximate surface area is 135 Å². The maximum atomic E-state index is 11.9. The van der Waals surface area contributed by atoms with Crippen LogP contribution in [0.15, 0.2) is 64.9 Å². The molecule has 0 saturated heterocycles. The van der Waals surface area contributed by atoms with Crippen LogP contribution in [0.4, 0.5) is 0 Å². The maximum absolute atomic E-state index is 11.9. The largest absolute Gasteiger partial charge is 0.289 e. The number of hydrogen-bond donors (Lipinski definition) is 0. The summed E-state index contributed by atoms with van der Waals surface area (Å²) in [4.78, 5) is 12.9. The van der Waals surface area contributed by atoms with Gasteiger partial charge in [0.15, 0.2) is 5.78 Å². The SMILES string of the molecule is O=C(/C=C/Sc1ccc(Cl)cc1)c1ccc(I)cc1. The van der Waals surface area contributed by atoms with E-state index >= 15 is 0 Å². The fraction of sp³-hybridized carbons (Fsp3) is 0. The molecule has 0 spiro atoms. The van der Waals surface area contributed by atoms with Crippen LogP contribution in [-0.2, 0) is 0 Å². The lowest BCUT2D eigenvalue weighted by Crippen LogP contribution is -1.93. The molecule has 0 aliphatic carbocycles. The van der Waals surface area contributed by atoms with Crippen molar-refractivity contribution in [2.75, 3.05) is 0 Å². The van der Waals surface area contributed by atoms with Crippen LogP contribution in [0, 0.1) is 3.57 Å². The predicted molar refractivity (Wildman–Crippen MR) is 89.9 cm³/mol. The molecule has 0 aliphatic heterocycles. The summed E-state index contributed by atoms with van der Waals surface area (Å²) in [6.07, 6.45) is 1.58. The van der Waals surface area contributed by atoms with Crippen molar-refractivity contribution < 1.29 is 4.79 Å². The monoisotopic (exact) mass is 400 g/mol. The molecule has 0 amide bonds. The minimum absolute atomic E-state index is 0.0119. The van der Waals surface area contributed by atoms with Crippen LogP contribution in [0.3, 0.4) is 0 Å². The molecule has 0 aliphatic rings. The summed E-state index contributed by atoms with van der Waals surface area (Å²) in [6.45, 7) is 0. The second kappa shape index (κ2) is 7.12. The van der Waals surface area contributed by atoms with E-state index in [0.29, 0.717) is 10.6 Å². The highest BCUT2D eigenvalue weighted by molar-refractivity contribution is 14.1.